The molecule has 0 radical (unpaired) electrons. The van der Waals surface area contributed by atoms with E-state index < -0.39 is 0 Å². The Hall–Kier alpha value is -2.70. The molecule has 0 bridgehead atoms. The van der Waals surface area contributed by atoms with Gasteiger partial charge in [0.25, 0.3) is 0 Å². The number of nitrogens with zero attached hydrogens (tertiary/aromatic N) is 5. The molecule has 2 aromatic heterocycles. The second kappa shape index (κ2) is 6.48. The number of aromatic nitrogens is 3. The molecule has 0 spiro atoms. The maximum atomic E-state index is 9.86. The summed E-state index contributed by atoms with van der Waals surface area (Å²) in [5.74, 6) is 0. The molecule has 4 aromatic rings. The van der Waals surface area contributed by atoms with E-state index in [9.17, 15) is 5.21 Å². The third-order valence-corrected chi connectivity index (χ3v) is 5.19. The Morgan fingerprint density at radius 3 is 2.26 bits per heavy atom. The highest BCUT2D eigenvalue weighted by molar-refractivity contribution is 6.07. The van der Waals surface area contributed by atoms with Gasteiger partial charge in [-0.25, -0.2) is 9.97 Å². The molecule has 4 rings (SSSR count). The molecule has 0 atom stereocenters. The van der Waals surface area contributed by atoms with Gasteiger partial charge in [0, 0.05) is 25.5 Å². The third kappa shape index (κ3) is 3.01. The van der Waals surface area contributed by atoms with Crippen molar-refractivity contribution in [2.24, 2.45) is 0 Å². The third-order valence-electron chi connectivity index (χ3n) is 5.19. The maximum absolute atomic E-state index is 9.86. The number of hydroxylamine groups is 1. The van der Waals surface area contributed by atoms with Crippen molar-refractivity contribution in [3.63, 3.8) is 0 Å². The van der Waals surface area contributed by atoms with Gasteiger partial charge >= 0.3 is 0 Å². The predicted molar refractivity (Wildman–Crippen MR) is 111 cm³/mol. The van der Waals surface area contributed by atoms with Crippen LogP contribution in [0.3, 0.4) is 0 Å². The van der Waals surface area contributed by atoms with E-state index in [1.165, 1.54) is 11.1 Å². The van der Waals surface area contributed by atoms with E-state index in [0.29, 0.717) is 0 Å². The molecular weight excluding hydrogens is 338 g/mol. The Labute approximate surface area is 158 Å². The minimum absolute atomic E-state index is 0.733. The molecule has 0 aliphatic carbocycles. The number of hydrogen-bond donors (Lipinski definition) is 1. The first-order valence-electron chi connectivity index (χ1n) is 9.13. The van der Waals surface area contributed by atoms with Crippen molar-refractivity contribution >= 4 is 38.8 Å². The highest BCUT2D eigenvalue weighted by Gasteiger charge is 2.16. The molecule has 2 heterocycles. The van der Waals surface area contributed by atoms with Gasteiger partial charge in [-0.05, 0) is 69.4 Å². The van der Waals surface area contributed by atoms with E-state index in [4.69, 9.17) is 9.97 Å². The highest BCUT2D eigenvalue weighted by Crippen LogP contribution is 2.31. The van der Waals surface area contributed by atoms with E-state index in [1.807, 2.05) is 18.2 Å². The molecule has 2 aromatic carbocycles. The average Bonchev–Trinajstić information content (AvgIpc) is 2.91. The largest absolute Gasteiger partial charge is 0.323 e. The van der Waals surface area contributed by atoms with Gasteiger partial charge in [-0.2, -0.15) is 0 Å². The van der Waals surface area contributed by atoms with Gasteiger partial charge in [-0.15, -0.1) is 0 Å². The Kier molecular flexibility index (Phi) is 4.25. The Bertz CT molecular complexity index is 1160. The van der Waals surface area contributed by atoms with Crippen molar-refractivity contribution in [3.05, 3.63) is 41.5 Å². The Morgan fingerprint density at radius 2 is 1.63 bits per heavy atom. The lowest BCUT2D eigenvalue weighted by Gasteiger charge is -2.13. The molecule has 6 heteroatoms. The van der Waals surface area contributed by atoms with Crippen LogP contribution in [0.1, 0.15) is 11.1 Å². The van der Waals surface area contributed by atoms with Gasteiger partial charge < -0.3 is 9.47 Å². The topological polar surface area (TPSA) is 57.4 Å². The normalized spacial score (nSPS) is 12.0. The van der Waals surface area contributed by atoms with Crippen LogP contribution in [0.4, 0.5) is 5.69 Å². The zero-order valence-electron chi connectivity index (χ0n) is 16.5. The first-order chi connectivity index (χ1) is 12.8. The molecule has 0 amide bonds. The molecule has 0 fully saturated rings. The quantitative estimate of drug-likeness (QED) is 0.560. The van der Waals surface area contributed by atoms with Crippen LogP contribution in [-0.2, 0) is 6.54 Å². The molecule has 140 valence electrons. The van der Waals surface area contributed by atoms with Gasteiger partial charge in [-0.3, -0.25) is 10.3 Å². The van der Waals surface area contributed by atoms with E-state index in [1.54, 1.807) is 7.05 Å². The average molecular weight is 363 g/mol. The SMILES string of the molecule is Cc1cc2nc3c4cc(N(C)O)ccc4n(CCN(C)C)c3nc2cc1C. The van der Waals surface area contributed by atoms with Crippen molar-refractivity contribution in [1.82, 2.24) is 19.4 Å². The fourth-order valence-corrected chi connectivity index (χ4v) is 3.46. The number of hydrogen-bond acceptors (Lipinski definition) is 5. The van der Waals surface area contributed by atoms with Gasteiger partial charge in [0.2, 0.25) is 0 Å². The zero-order valence-corrected chi connectivity index (χ0v) is 16.5. The maximum Gasteiger partial charge on any atom is 0.160 e. The molecule has 0 aliphatic heterocycles. The lowest BCUT2D eigenvalue weighted by Crippen LogP contribution is -2.18. The second-order valence-corrected chi connectivity index (χ2v) is 7.50. The Balaban J connectivity index is 2.07. The smallest absolute Gasteiger partial charge is 0.160 e. The lowest BCUT2D eigenvalue weighted by molar-refractivity contribution is 0.279. The summed E-state index contributed by atoms with van der Waals surface area (Å²) in [6.07, 6.45) is 0. The van der Waals surface area contributed by atoms with Crippen LogP contribution in [0.5, 0.6) is 0 Å². The van der Waals surface area contributed by atoms with Crippen LogP contribution in [0.15, 0.2) is 30.3 Å². The number of aryl methyl sites for hydroxylation is 2. The van der Waals surface area contributed by atoms with Crippen LogP contribution < -0.4 is 5.06 Å². The molecule has 0 aliphatic rings. The van der Waals surface area contributed by atoms with Crippen molar-refractivity contribution < 1.29 is 5.21 Å². The van der Waals surface area contributed by atoms with Crippen LogP contribution in [0.25, 0.3) is 33.1 Å². The summed E-state index contributed by atoms with van der Waals surface area (Å²) in [5.41, 5.74) is 7.83. The second-order valence-electron chi connectivity index (χ2n) is 7.50. The van der Waals surface area contributed by atoms with E-state index >= 15 is 0 Å². The van der Waals surface area contributed by atoms with Crippen LogP contribution in [0.2, 0.25) is 0 Å². The minimum atomic E-state index is 0.733. The van der Waals surface area contributed by atoms with Crippen LogP contribution >= 0.6 is 0 Å². The van der Waals surface area contributed by atoms with Gasteiger partial charge in [0.1, 0.15) is 5.52 Å². The van der Waals surface area contributed by atoms with Crippen molar-refractivity contribution in [3.8, 4) is 0 Å². The van der Waals surface area contributed by atoms with Gasteiger partial charge in [-0.1, -0.05) is 0 Å². The van der Waals surface area contributed by atoms with Gasteiger partial charge in [0.05, 0.1) is 22.2 Å². The number of benzene rings is 2. The number of fused-ring (bicyclic) bond motifs is 4. The number of rotatable bonds is 4. The molecule has 0 saturated heterocycles. The van der Waals surface area contributed by atoms with E-state index in [-0.39, 0.29) is 0 Å². The summed E-state index contributed by atoms with van der Waals surface area (Å²) in [5, 5.41) is 12.0. The molecular formula is C21H25N5O. The molecule has 1 N–H and O–H groups in total. The first kappa shape index (κ1) is 17.7. The number of anilines is 1. The summed E-state index contributed by atoms with van der Waals surface area (Å²) >= 11 is 0. The van der Waals surface area contributed by atoms with Crippen LogP contribution in [-0.4, -0.2) is 52.3 Å². The van der Waals surface area contributed by atoms with Crippen molar-refractivity contribution in [1.29, 1.82) is 0 Å². The predicted octanol–water partition coefficient (Wildman–Crippen LogP) is 3.74. The summed E-state index contributed by atoms with van der Waals surface area (Å²) in [6.45, 7) is 5.94. The van der Waals surface area contributed by atoms with Crippen molar-refractivity contribution in [2.75, 3.05) is 32.8 Å². The zero-order chi connectivity index (χ0) is 19.3. The molecule has 0 saturated carbocycles. The van der Waals surface area contributed by atoms with E-state index in [2.05, 4.69) is 49.5 Å². The van der Waals surface area contributed by atoms with Gasteiger partial charge in [0.15, 0.2) is 5.65 Å². The van der Waals surface area contributed by atoms with Crippen molar-refractivity contribution in [2.45, 2.75) is 20.4 Å². The molecule has 0 unspecified atom stereocenters. The standard InChI is InChI=1S/C21H25N5O/c1-13-10-17-18(11-14(13)2)23-21-20(22-17)16-12-15(25(5)27)6-7-19(16)26(21)9-8-24(3)4/h6-7,10-12,27H,8-9H2,1-5H3. The minimum Gasteiger partial charge on any atom is -0.323 e. The fourth-order valence-electron chi connectivity index (χ4n) is 3.46. The molecule has 27 heavy (non-hydrogen) atoms. The first-order valence-corrected chi connectivity index (χ1v) is 9.13. The molecule has 6 nitrogen and oxygen atoms in total. The van der Waals surface area contributed by atoms with E-state index in [0.717, 1.165) is 56.9 Å². The highest BCUT2D eigenvalue weighted by atomic mass is 16.5. The summed E-state index contributed by atoms with van der Waals surface area (Å²) in [4.78, 5) is 12.1. The summed E-state index contributed by atoms with van der Waals surface area (Å²) < 4.78 is 2.23. The van der Waals surface area contributed by atoms with Crippen LogP contribution in [0, 0.1) is 13.8 Å². The fraction of sp³-hybridized carbons (Fsp3) is 0.333. The monoisotopic (exact) mass is 363 g/mol. The summed E-state index contributed by atoms with van der Waals surface area (Å²) in [7, 11) is 5.76. The Morgan fingerprint density at radius 1 is 0.963 bits per heavy atom. The summed E-state index contributed by atoms with van der Waals surface area (Å²) in [6, 6.07) is 10.1. The number of likely N-dealkylation sites (N-methyl/N-ethyl adjacent to an activating group) is 1. The lowest BCUT2D eigenvalue weighted by atomic mass is 10.1.